The molecule has 1 N–H and O–H groups in total. The molecular formula is C20H21NO3S. The highest BCUT2D eigenvalue weighted by Gasteiger charge is 2.37. The van der Waals surface area contributed by atoms with Crippen molar-refractivity contribution in [3.8, 4) is 0 Å². The Morgan fingerprint density at radius 3 is 2.36 bits per heavy atom. The van der Waals surface area contributed by atoms with E-state index in [2.05, 4.69) is 11.4 Å². The number of carbonyl (C=O) groups excluding carboxylic acids is 2. The second kappa shape index (κ2) is 6.48. The summed E-state index contributed by atoms with van der Waals surface area (Å²) in [6.07, 6.45) is 0. The number of rotatable bonds is 3. The Labute approximate surface area is 151 Å². The molecule has 130 valence electrons. The lowest BCUT2D eigenvalue weighted by Gasteiger charge is -2.30. The summed E-state index contributed by atoms with van der Waals surface area (Å²) in [7, 11) is 1.37. The summed E-state index contributed by atoms with van der Waals surface area (Å²) in [5.74, 6) is -0.864. The van der Waals surface area contributed by atoms with Crippen LogP contribution in [0.4, 0.5) is 0 Å². The van der Waals surface area contributed by atoms with Crippen molar-refractivity contribution in [1.29, 1.82) is 0 Å². The van der Waals surface area contributed by atoms with Gasteiger partial charge in [-0.05, 0) is 44.7 Å². The Kier molecular flexibility index (Phi) is 4.52. The van der Waals surface area contributed by atoms with E-state index in [9.17, 15) is 9.59 Å². The van der Waals surface area contributed by atoms with Crippen LogP contribution in [0.1, 0.15) is 37.1 Å². The molecule has 2 aromatic rings. The average molecular weight is 355 g/mol. The molecule has 1 aromatic carbocycles. The van der Waals surface area contributed by atoms with Crippen LogP contribution in [-0.4, -0.2) is 18.9 Å². The van der Waals surface area contributed by atoms with Crippen LogP contribution in [0.3, 0.4) is 0 Å². The number of benzene rings is 1. The highest BCUT2D eigenvalue weighted by Crippen LogP contribution is 2.45. The summed E-state index contributed by atoms with van der Waals surface area (Å²) in [5.41, 5.74) is 3.67. The number of ketones is 1. The number of methoxy groups -OCH3 is 1. The first-order valence-corrected chi connectivity index (χ1v) is 8.94. The third-order valence-corrected chi connectivity index (χ3v) is 5.76. The normalized spacial score (nSPS) is 17.7. The molecule has 1 aliphatic rings. The lowest BCUT2D eigenvalue weighted by Crippen LogP contribution is -2.31. The Bertz CT molecular complexity index is 949. The molecule has 25 heavy (non-hydrogen) atoms. The van der Waals surface area contributed by atoms with Crippen molar-refractivity contribution in [2.75, 3.05) is 7.11 Å². The van der Waals surface area contributed by atoms with Gasteiger partial charge in [-0.15, -0.1) is 11.3 Å². The number of dihydropyridines is 1. The van der Waals surface area contributed by atoms with Gasteiger partial charge >= 0.3 is 5.97 Å². The molecule has 0 bridgehead atoms. The maximum atomic E-state index is 12.6. The predicted molar refractivity (Wildman–Crippen MR) is 101 cm³/mol. The van der Waals surface area contributed by atoms with Crippen LogP contribution in [0, 0.1) is 6.92 Å². The van der Waals surface area contributed by atoms with Crippen molar-refractivity contribution in [1.82, 2.24) is 5.32 Å². The first-order valence-electron chi connectivity index (χ1n) is 8.12. The number of hydrogen-bond donors (Lipinski definition) is 1. The number of esters is 1. The van der Waals surface area contributed by atoms with Crippen molar-refractivity contribution < 1.29 is 14.3 Å². The molecule has 4 nitrogen and oxygen atoms in total. The van der Waals surface area contributed by atoms with Crippen LogP contribution in [0.5, 0.6) is 0 Å². The zero-order valence-corrected chi connectivity index (χ0v) is 15.8. The third kappa shape index (κ3) is 2.78. The number of hydrogen-bond acceptors (Lipinski definition) is 5. The van der Waals surface area contributed by atoms with Crippen LogP contribution < -0.4 is 5.32 Å². The van der Waals surface area contributed by atoms with E-state index in [0.717, 1.165) is 31.9 Å². The Morgan fingerprint density at radius 2 is 1.72 bits per heavy atom. The smallest absolute Gasteiger partial charge is 0.336 e. The number of aryl methyl sites for hydroxylation is 1. The summed E-state index contributed by atoms with van der Waals surface area (Å²) in [4.78, 5) is 26.1. The van der Waals surface area contributed by atoms with E-state index < -0.39 is 11.9 Å². The summed E-state index contributed by atoms with van der Waals surface area (Å²) >= 11 is 1.68. The highest BCUT2D eigenvalue weighted by molar-refractivity contribution is 7.19. The number of Topliss-reactive ketones (excluding diaryl/α,β-unsaturated/α-hetero) is 1. The number of fused-ring (bicyclic) bond motifs is 1. The maximum Gasteiger partial charge on any atom is 0.336 e. The number of allylic oxidation sites excluding steroid dienone is 3. The molecule has 0 fully saturated rings. The minimum Gasteiger partial charge on any atom is -0.466 e. The fourth-order valence-corrected chi connectivity index (χ4v) is 4.78. The Morgan fingerprint density at radius 1 is 1.08 bits per heavy atom. The molecule has 0 aliphatic carbocycles. The summed E-state index contributed by atoms with van der Waals surface area (Å²) in [6.45, 7) is 7.32. The monoisotopic (exact) mass is 355 g/mol. The number of nitrogens with one attached hydrogen (secondary N) is 1. The van der Waals surface area contributed by atoms with Crippen molar-refractivity contribution in [3.05, 3.63) is 57.2 Å². The summed E-state index contributed by atoms with van der Waals surface area (Å²) in [6, 6.07) is 8.10. The van der Waals surface area contributed by atoms with Gasteiger partial charge in [-0.2, -0.15) is 0 Å². The van der Waals surface area contributed by atoms with Crippen LogP contribution in [-0.2, 0) is 14.3 Å². The summed E-state index contributed by atoms with van der Waals surface area (Å²) < 4.78 is 6.19. The lowest BCUT2D eigenvalue weighted by molar-refractivity contribution is -0.136. The van der Waals surface area contributed by atoms with Crippen LogP contribution >= 0.6 is 11.3 Å². The van der Waals surface area contributed by atoms with Gasteiger partial charge in [0, 0.05) is 32.5 Å². The van der Waals surface area contributed by atoms with Gasteiger partial charge in [0.1, 0.15) is 0 Å². The number of carbonyl (C=O) groups is 2. The lowest BCUT2D eigenvalue weighted by atomic mass is 9.78. The number of ether oxygens (including phenoxy) is 1. The van der Waals surface area contributed by atoms with Crippen LogP contribution in [0.15, 0.2) is 46.8 Å². The van der Waals surface area contributed by atoms with Crippen molar-refractivity contribution in [2.45, 2.75) is 33.6 Å². The van der Waals surface area contributed by atoms with Crippen LogP contribution in [0.25, 0.3) is 10.1 Å². The van der Waals surface area contributed by atoms with Gasteiger partial charge in [0.2, 0.25) is 0 Å². The highest BCUT2D eigenvalue weighted by atomic mass is 32.1. The molecule has 0 saturated heterocycles. The molecule has 0 amide bonds. The van der Waals surface area contributed by atoms with E-state index in [-0.39, 0.29) is 5.78 Å². The first-order chi connectivity index (χ1) is 11.9. The van der Waals surface area contributed by atoms with E-state index in [0.29, 0.717) is 11.1 Å². The fraction of sp³-hybridized carbons (Fsp3) is 0.300. The molecule has 1 atom stereocenters. The van der Waals surface area contributed by atoms with Gasteiger partial charge in [-0.1, -0.05) is 18.2 Å². The molecule has 2 heterocycles. The van der Waals surface area contributed by atoms with E-state index in [4.69, 9.17) is 4.74 Å². The maximum absolute atomic E-state index is 12.6. The molecule has 0 saturated carbocycles. The van der Waals surface area contributed by atoms with Gasteiger partial charge in [0.05, 0.1) is 12.7 Å². The van der Waals surface area contributed by atoms with Gasteiger partial charge in [0.15, 0.2) is 5.78 Å². The minimum absolute atomic E-state index is 0.0430. The van der Waals surface area contributed by atoms with Gasteiger partial charge in [0.25, 0.3) is 0 Å². The van der Waals surface area contributed by atoms with Gasteiger partial charge in [-0.3, -0.25) is 4.79 Å². The van der Waals surface area contributed by atoms with Gasteiger partial charge < -0.3 is 10.1 Å². The quantitative estimate of drug-likeness (QED) is 0.838. The largest absolute Gasteiger partial charge is 0.466 e. The second-order valence-corrected chi connectivity index (χ2v) is 7.51. The Hall–Kier alpha value is -2.40. The molecule has 1 aromatic heterocycles. The van der Waals surface area contributed by atoms with E-state index in [1.54, 1.807) is 18.3 Å². The molecule has 1 unspecified atom stereocenters. The zero-order valence-electron chi connectivity index (χ0n) is 15.0. The zero-order chi connectivity index (χ0) is 18.3. The fourth-order valence-electron chi connectivity index (χ4n) is 3.68. The van der Waals surface area contributed by atoms with Crippen molar-refractivity contribution in [3.63, 3.8) is 0 Å². The molecular weight excluding hydrogens is 334 g/mol. The molecule has 0 radical (unpaired) electrons. The van der Waals surface area contributed by atoms with E-state index in [1.807, 2.05) is 39.0 Å². The van der Waals surface area contributed by atoms with Crippen molar-refractivity contribution in [2.24, 2.45) is 0 Å². The number of thiophene rings is 1. The van der Waals surface area contributed by atoms with Crippen molar-refractivity contribution >= 4 is 33.2 Å². The van der Waals surface area contributed by atoms with Gasteiger partial charge in [-0.25, -0.2) is 4.79 Å². The van der Waals surface area contributed by atoms with E-state index in [1.165, 1.54) is 7.11 Å². The summed E-state index contributed by atoms with van der Waals surface area (Å²) in [5, 5.41) is 4.26. The third-order valence-electron chi connectivity index (χ3n) is 4.65. The molecule has 5 heteroatoms. The minimum atomic E-state index is -0.414. The first kappa shape index (κ1) is 17.4. The molecule has 3 rings (SSSR count). The topological polar surface area (TPSA) is 55.4 Å². The second-order valence-electron chi connectivity index (χ2n) is 6.25. The SMILES string of the molecule is COC(=O)C1=C(C)NC(C)=C(C(C)=O)C1c1c(C)sc2ccccc12. The standard InChI is InChI=1S/C20H21NO3S/c1-10-16(12(3)22)19(17(11(2)21-10)20(23)24-5)18-13(4)25-15-9-7-6-8-14(15)18/h6-9,19,21H,1-5H3. The molecule has 0 spiro atoms. The average Bonchev–Trinajstić information content (AvgIpc) is 2.88. The Balaban J connectivity index is 2.36. The van der Waals surface area contributed by atoms with E-state index >= 15 is 0 Å². The predicted octanol–water partition coefficient (Wildman–Crippen LogP) is 4.21. The van der Waals surface area contributed by atoms with Crippen LogP contribution in [0.2, 0.25) is 0 Å². The molecule has 1 aliphatic heterocycles.